The molecule has 0 bridgehead atoms. The minimum atomic E-state index is -0.433. The van der Waals surface area contributed by atoms with Crippen LogP contribution in [0.25, 0.3) is 0 Å². The minimum absolute atomic E-state index is 0.0286. The van der Waals surface area contributed by atoms with Crippen molar-refractivity contribution in [2.45, 2.75) is 33.2 Å². The van der Waals surface area contributed by atoms with Crippen molar-refractivity contribution in [3.8, 4) is 5.75 Å². The predicted octanol–water partition coefficient (Wildman–Crippen LogP) is 2.52. The highest BCUT2D eigenvalue weighted by Crippen LogP contribution is 2.18. The second-order valence-corrected chi connectivity index (χ2v) is 5.58. The molecular weight excluding hydrogens is 265 g/mol. The zero-order valence-corrected chi connectivity index (χ0v) is 12.2. The van der Waals surface area contributed by atoms with Gasteiger partial charge in [-0.25, -0.2) is 4.39 Å². The third kappa shape index (κ3) is 5.21. The van der Waals surface area contributed by atoms with Crippen molar-refractivity contribution < 1.29 is 9.50 Å². The molecule has 19 heavy (non-hydrogen) atoms. The number of thiocarbonyl (C=S) groups is 1. The summed E-state index contributed by atoms with van der Waals surface area (Å²) in [6.45, 7) is 7.56. The van der Waals surface area contributed by atoms with Crippen LogP contribution in [-0.2, 0) is 0 Å². The van der Waals surface area contributed by atoms with E-state index in [9.17, 15) is 9.50 Å². The summed E-state index contributed by atoms with van der Waals surface area (Å²) in [5, 5.41) is 17.0. The van der Waals surface area contributed by atoms with Gasteiger partial charge in [-0.05, 0) is 58.1 Å². The summed E-state index contributed by atoms with van der Waals surface area (Å²) in [6, 6.07) is 3.69. The van der Waals surface area contributed by atoms with Gasteiger partial charge in [0.2, 0.25) is 0 Å². The highest BCUT2D eigenvalue weighted by molar-refractivity contribution is 7.80. The maximum Gasteiger partial charge on any atom is 0.187 e. The molecule has 104 valence electrons. The first-order chi connectivity index (χ1) is 8.69. The number of hydrogen-bond donors (Lipinski definition) is 3. The van der Waals surface area contributed by atoms with Crippen molar-refractivity contribution >= 4 is 23.0 Å². The van der Waals surface area contributed by atoms with Crippen LogP contribution < -0.4 is 10.7 Å². The molecule has 4 nitrogen and oxygen atoms in total. The normalized spacial score (nSPS) is 12.2. The molecule has 0 heterocycles. The molecule has 0 aromatic heterocycles. The van der Waals surface area contributed by atoms with Gasteiger partial charge in [-0.1, -0.05) is 0 Å². The topological polar surface area (TPSA) is 56.7 Å². The molecule has 0 radical (unpaired) electrons. The van der Waals surface area contributed by atoms with Crippen LogP contribution in [0.3, 0.4) is 0 Å². The number of halogens is 1. The van der Waals surface area contributed by atoms with Gasteiger partial charge in [0.05, 0.1) is 5.71 Å². The number of hydrogen-bond acceptors (Lipinski definition) is 3. The van der Waals surface area contributed by atoms with Crippen molar-refractivity contribution in [2.24, 2.45) is 5.10 Å². The van der Waals surface area contributed by atoms with E-state index in [1.54, 1.807) is 6.92 Å². The lowest BCUT2D eigenvalue weighted by Crippen LogP contribution is -2.44. The van der Waals surface area contributed by atoms with Crippen LogP contribution in [-0.4, -0.2) is 21.5 Å². The van der Waals surface area contributed by atoms with Crippen LogP contribution >= 0.6 is 12.2 Å². The van der Waals surface area contributed by atoms with E-state index < -0.39 is 5.82 Å². The summed E-state index contributed by atoms with van der Waals surface area (Å²) in [5.41, 5.74) is 3.25. The molecule has 3 N–H and O–H groups in total. The molecule has 0 aliphatic heterocycles. The van der Waals surface area contributed by atoms with Crippen molar-refractivity contribution in [2.75, 3.05) is 0 Å². The maximum absolute atomic E-state index is 13.1. The Balaban J connectivity index is 2.77. The average molecular weight is 283 g/mol. The third-order valence-corrected chi connectivity index (χ3v) is 2.36. The molecule has 0 spiro atoms. The summed E-state index contributed by atoms with van der Waals surface area (Å²) in [5.74, 6) is -0.461. The summed E-state index contributed by atoms with van der Waals surface area (Å²) >= 11 is 5.06. The van der Waals surface area contributed by atoms with Gasteiger partial charge >= 0.3 is 0 Å². The van der Waals surface area contributed by atoms with Gasteiger partial charge in [0, 0.05) is 11.1 Å². The van der Waals surface area contributed by atoms with E-state index >= 15 is 0 Å². The fourth-order valence-corrected chi connectivity index (χ4v) is 1.71. The van der Waals surface area contributed by atoms with Gasteiger partial charge in [0.15, 0.2) is 5.11 Å². The number of aromatic hydroxyl groups is 1. The molecule has 0 unspecified atom stereocenters. The van der Waals surface area contributed by atoms with Gasteiger partial charge in [-0.3, -0.25) is 5.43 Å². The number of nitrogens with one attached hydrogen (secondary N) is 2. The Hall–Kier alpha value is -1.69. The molecule has 1 aromatic carbocycles. The zero-order valence-electron chi connectivity index (χ0n) is 11.4. The third-order valence-electron chi connectivity index (χ3n) is 2.16. The van der Waals surface area contributed by atoms with Crippen LogP contribution in [0.15, 0.2) is 23.3 Å². The average Bonchev–Trinajstić information content (AvgIpc) is 2.27. The molecule has 0 atom stereocenters. The van der Waals surface area contributed by atoms with Crippen LogP contribution in [0.1, 0.15) is 33.3 Å². The van der Waals surface area contributed by atoms with E-state index in [4.69, 9.17) is 12.2 Å². The lowest BCUT2D eigenvalue weighted by molar-refractivity contribution is 0.471. The first kappa shape index (κ1) is 15.4. The number of benzene rings is 1. The first-order valence-corrected chi connectivity index (χ1v) is 6.21. The Bertz CT molecular complexity index is 509. The molecular formula is C13H18FN3OS. The Labute approximate surface area is 117 Å². The molecule has 1 aromatic rings. The van der Waals surface area contributed by atoms with E-state index in [0.29, 0.717) is 16.4 Å². The fourth-order valence-electron chi connectivity index (χ4n) is 1.36. The number of phenols is 1. The largest absolute Gasteiger partial charge is 0.507 e. The molecule has 0 saturated heterocycles. The smallest absolute Gasteiger partial charge is 0.187 e. The standard InChI is InChI=1S/C13H18FN3OS/c1-8(10-7-9(14)5-6-11(10)18)16-17-12(19)15-13(2,3)4/h5-7,18H,1-4H3,(H2,15,17,19)/b16-8-. The molecule has 0 amide bonds. The zero-order chi connectivity index (χ0) is 14.6. The quantitative estimate of drug-likeness (QED) is 0.443. The minimum Gasteiger partial charge on any atom is -0.507 e. The lowest BCUT2D eigenvalue weighted by Gasteiger charge is -2.21. The second kappa shape index (κ2) is 5.97. The maximum atomic E-state index is 13.1. The van der Waals surface area contributed by atoms with Crippen LogP contribution in [0.2, 0.25) is 0 Å². The Morgan fingerprint density at radius 1 is 1.37 bits per heavy atom. The number of rotatable bonds is 2. The van der Waals surface area contributed by atoms with Gasteiger partial charge < -0.3 is 10.4 Å². The van der Waals surface area contributed by atoms with Gasteiger partial charge in [-0.2, -0.15) is 5.10 Å². The van der Waals surface area contributed by atoms with E-state index in [0.717, 1.165) is 0 Å². The van der Waals surface area contributed by atoms with Crippen molar-refractivity contribution in [1.29, 1.82) is 0 Å². The molecule has 0 fully saturated rings. The number of hydrazone groups is 1. The van der Waals surface area contributed by atoms with Crippen molar-refractivity contribution in [1.82, 2.24) is 10.7 Å². The molecule has 0 aliphatic carbocycles. The number of phenolic OH excluding ortho intramolecular Hbond substituents is 1. The Morgan fingerprint density at radius 2 is 2.00 bits per heavy atom. The Morgan fingerprint density at radius 3 is 2.58 bits per heavy atom. The number of nitrogens with zero attached hydrogens (tertiary/aromatic N) is 1. The summed E-state index contributed by atoms with van der Waals surface area (Å²) in [4.78, 5) is 0. The molecule has 1 rings (SSSR count). The van der Waals surface area contributed by atoms with Gasteiger partial charge in [-0.15, -0.1) is 0 Å². The molecule has 0 aliphatic rings. The van der Waals surface area contributed by atoms with Crippen molar-refractivity contribution in [3.05, 3.63) is 29.6 Å². The highest BCUT2D eigenvalue weighted by Gasteiger charge is 2.11. The van der Waals surface area contributed by atoms with Gasteiger partial charge in [0.25, 0.3) is 0 Å². The predicted molar refractivity (Wildman–Crippen MR) is 78.9 cm³/mol. The van der Waals surface area contributed by atoms with E-state index in [1.807, 2.05) is 20.8 Å². The van der Waals surface area contributed by atoms with E-state index in [2.05, 4.69) is 15.8 Å². The molecule has 0 saturated carbocycles. The van der Waals surface area contributed by atoms with E-state index in [-0.39, 0.29) is 11.3 Å². The monoisotopic (exact) mass is 283 g/mol. The van der Waals surface area contributed by atoms with Gasteiger partial charge in [0.1, 0.15) is 11.6 Å². The van der Waals surface area contributed by atoms with Crippen LogP contribution in [0.4, 0.5) is 4.39 Å². The van der Waals surface area contributed by atoms with Crippen LogP contribution in [0.5, 0.6) is 5.75 Å². The fraction of sp³-hybridized carbons (Fsp3) is 0.385. The highest BCUT2D eigenvalue weighted by atomic mass is 32.1. The van der Waals surface area contributed by atoms with Crippen LogP contribution in [0, 0.1) is 5.82 Å². The van der Waals surface area contributed by atoms with E-state index in [1.165, 1.54) is 18.2 Å². The summed E-state index contributed by atoms with van der Waals surface area (Å²) < 4.78 is 13.1. The molecule has 6 heteroatoms. The lowest BCUT2D eigenvalue weighted by atomic mass is 10.1. The first-order valence-electron chi connectivity index (χ1n) is 5.80. The summed E-state index contributed by atoms with van der Waals surface area (Å²) in [6.07, 6.45) is 0. The van der Waals surface area contributed by atoms with Crippen molar-refractivity contribution in [3.63, 3.8) is 0 Å². The SMILES string of the molecule is C/C(=N/NC(=S)NC(C)(C)C)c1cc(F)ccc1O. The Kier molecular flexibility index (Phi) is 4.83. The summed E-state index contributed by atoms with van der Waals surface area (Å²) in [7, 11) is 0. The second-order valence-electron chi connectivity index (χ2n) is 5.17.